The van der Waals surface area contributed by atoms with Gasteiger partial charge in [0.05, 0.1) is 18.2 Å². The molecule has 5 nitrogen and oxygen atoms in total. The Labute approximate surface area is 79.3 Å². The smallest absolute Gasteiger partial charge is 0.0755 e. The number of hydrogen-bond donors (Lipinski definition) is 1. The molecule has 80 valence electrons. The molecule has 0 unspecified atom stereocenters. The summed E-state index contributed by atoms with van der Waals surface area (Å²) in [6, 6.07) is 0. The molecule has 0 aromatic rings. The van der Waals surface area contributed by atoms with E-state index in [1.165, 1.54) is 38.8 Å². The third-order valence-corrected chi connectivity index (χ3v) is 1.52. The topological polar surface area (TPSA) is 82.8 Å². The summed E-state index contributed by atoms with van der Waals surface area (Å²) >= 11 is 0. The van der Waals surface area contributed by atoms with Gasteiger partial charge in [0.2, 0.25) is 0 Å². The first kappa shape index (κ1) is 14.7. The van der Waals surface area contributed by atoms with E-state index in [4.69, 9.17) is 15.3 Å². The fraction of sp³-hybridized carbons (Fsp3) is 1.00. The highest BCUT2D eigenvalue weighted by Gasteiger charge is 1.86. The van der Waals surface area contributed by atoms with Gasteiger partial charge in [-0.2, -0.15) is 0 Å². The summed E-state index contributed by atoms with van der Waals surface area (Å²) in [5.41, 5.74) is 0. The molecule has 0 amide bonds. The van der Waals surface area contributed by atoms with Crippen LogP contribution in [0.1, 0.15) is 39.5 Å². The molecule has 0 aliphatic heterocycles. The van der Waals surface area contributed by atoms with Crippen molar-refractivity contribution < 1.29 is 10.4 Å². The van der Waals surface area contributed by atoms with Gasteiger partial charge in [0, 0.05) is 0 Å². The van der Waals surface area contributed by atoms with Crippen molar-refractivity contribution in [3.05, 3.63) is 15.3 Å². The molecule has 0 bridgehead atoms. The van der Waals surface area contributed by atoms with Crippen molar-refractivity contribution in [3.63, 3.8) is 0 Å². The van der Waals surface area contributed by atoms with Gasteiger partial charge in [-0.1, -0.05) is 26.7 Å². The molecule has 5 heteroatoms. The minimum Gasteiger partial charge on any atom is -0.356 e. The Balaban J connectivity index is 0. The van der Waals surface area contributed by atoms with Crippen LogP contribution in [0.4, 0.5) is 0 Å². The van der Waals surface area contributed by atoms with Gasteiger partial charge in [-0.3, -0.25) is 0 Å². The standard InChI is InChI=1S/C8H19N.NO3/c1-3-5-7-9-8-6-4-2;2-1(3)4/h9H,3-8H2,1-2H3;/q;-1/p+1. The van der Waals surface area contributed by atoms with Crippen molar-refractivity contribution in [2.75, 3.05) is 13.1 Å². The van der Waals surface area contributed by atoms with Crippen molar-refractivity contribution in [2.24, 2.45) is 0 Å². The monoisotopic (exact) mass is 192 g/mol. The highest BCUT2D eigenvalue weighted by atomic mass is 16.9. The van der Waals surface area contributed by atoms with Crippen LogP contribution in [0.3, 0.4) is 0 Å². The Morgan fingerprint density at radius 1 is 1.08 bits per heavy atom. The Morgan fingerprint density at radius 3 is 1.62 bits per heavy atom. The highest BCUT2D eigenvalue weighted by molar-refractivity contribution is 4.28. The molecule has 0 saturated carbocycles. The Kier molecular flexibility index (Phi) is 15.5. The van der Waals surface area contributed by atoms with Gasteiger partial charge in [-0.25, -0.2) is 0 Å². The van der Waals surface area contributed by atoms with Crippen LogP contribution in [0.25, 0.3) is 0 Å². The maximum Gasteiger partial charge on any atom is 0.0755 e. The van der Waals surface area contributed by atoms with Crippen molar-refractivity contribution in [2.45, 2.75) is 39.5 Å². The first-order chi connectivity index (χ1) is 6.15. The number of unbranched alkanes of at least 4 members (excludes halogenated alkanes) is 2. The van der Waals surface area contributed by atoms with Gasteiger partial charge < -0.3 is 20.6 Å². The SMILES string of the molecule is CCCC[NH2+]CCCC.O=[N+]([O-])[O-]. The number of quaternary nitrogens is 1. The van der Waals surface area contributed by atoms with Crippen LogP contribution >= 0.6 is 0 Å². The molecule has 0 aromatic carbocycles. The average Bonchev–Trinajstić information content (AvgIpc) is 2.03. The largest absolute Gasteiger partial charge is 0.356 e. The number of rotatable bonds is 6. The minimum atomic E-state index is -1.75. The molecule has 0 aliphatic carbocycles. The molecule has 0 radical (unpaired) electrons. The van der Waals surface area contributed by atoms with E-state index < -0.39 is 5.09 Å². The maximum atomic E-state index is 8.25. The second kappa shape index (κ2) is 13.7. The number of nitrogens with zero attached hydrogens (tertiary/aromatic N) is 1. The third-order valence-electron chi connectivity index (χ3n) is 1.52. The molecular formula is C8H20N2O3. The van der Waals surface area contributed by atoms with Gasteiger partial charge in [-0.05, 0) is 12.8 Å². The fourth-order valence-electron chi connectivity index (χ4n) is 0.841. The predicted octanol–water partition coefficient (Wildman–Crippen LogP) is 0.911. The number of nitrogens with two attached hydrogens (primary N) is 1. The van der Waals surface area contributed by atoms with Crippen molar-refractivity contribution in [3.8, 4) is 0 Å². The molecule has 0 spiro atoms. The Hall–Kier alpha value is -0.840. The normalized spacial score (nSPS) is 8.77. The Bertz CT molecular complexity index is 99.6. The quantitative estimate of drug-likeness (QED) is 0.385. The molecule has 0 aliphatic rings. The average molecular weight is 192 g/mol. The summed E-state index contributed by atoms with van der Waals surface area (Å²) in [5.74, 6) is 0. The molecule has 13 heavy (non-hydrogen) atoms. The van der Waals surface area contributed by atoms with Crippen LogP contribution in [0, 0.1) is 15.3 Å². The van der Waals surface area contributed by atoms with Crippen LogP contribution < -0.4 is 5.32 Å². The van der Waals surface area contributed by atoms with E-state index in [0.29, 0.717) is 0 Å². The van der Waals surface area contributed by atoms with E-state index in [9.17, 15) is 0 Å². The van der Waals surface area contributed by atoms with Gasteiger partial charge >= 0.3 is 0 Å². The second-order valence-corrected chi connectivity index (χ2v) is 2.80. The molecule has 0 atom stereocenters. The first-order valence-corrected chi connectivity index (χ1v) is 4.78. The minimum absolute atomic E-state index is 1.33. The predicted molar refractivity (Wildman–Crippen MR) is 51.8 cm³/mol. The lowest BCUT2D eigenvalue weighted by atomic mass is 10.3. The lowest BCUT2D eigenvalue weighted by Crippen LogP contribution is -2.84. The summed E-state index contributed by atoms with van der Waals surface area (Å²) in [5, 5.41) is 17.2. The molecule has 0 rings (SSSR count). The van der Waals surface area contributed by atoms with Crippen LogP contribution in [-0.2, 0) is 0 Å². The van der Waals surface area contributed by atoms with Gasteiger partial charge in [0.15, 0.2) is 0 Å². The summed E-state index contributed by atoms with van der Waals surface area (Å²) in [6.07, 6.45) is 5.43. The van der Waals surface area contributed by atoms with E-state index in [-0.39, 0.29) is 0 Å². The van der Waals surface area contributed by atoms with E-state index in [1.807, 2.05) is 0 Å². The molecule has 0 fully saturated rings. The molecule has 2 N–H and O–H groups in total. The molecular weight excluding hydrogens is 172 g/mol. The van der Waals surface area contributed by atoms with Crippen LogP contribution in [-0.4, -0.2) is 18.2 Å². The Morgan fingerprint density at radius 2 is 1.38 bits per heavy atom. The number of hydrogen-bond acceptors (Lipinski definition) is 3. The summed E-state index contributed by atoms with van der Waals surface area (Å²) in [4.78, 5) is 8.25. The first-order valence-electron chi connectivity index (χ1n) is 4.78. The molecule has 0 heterocycles. The van der Waals surface area contributed by atoms with E-state index in [1.54, 1.807) is 0 Å². The lowest BCUT2D eigenvalue weighted by Gasteiger charge is -1.96. The van der Waals surface area contributed by atoms with Crippen molar-refractivity contribution in [1.82, 2.24) is 0 Å². The highest BCUT2D eigenvalue weighted by Crippen LogP contribution is 1.80. The zero-order chi connectivity index (χ0) is 10.5. The van der Waals surface area contributed by atoms with E-state index >= 15 is 0 Å². The van der Waals surface area contributed by atoms with Crippen molar-refractivity contribution in [1.29, 1.82) is 0 Å². The lowest BCUT2D eigenvalue weighted by molar-refractivity contribution is -0.655. The maximum absolute atomic E-state index is 8.25. The summed E-state index contributed by atoms with van der Waals surface area (Å²) in [7, 11) is 0. The summed E-state index contributed by atoms with van der Waals surface area (Å²) < 4.78 is 0. The molecule has 0 aromatic heterocycles. The second-order valence-electron chi connectivity index (χ2n) is 2.80. The zero-order valence-electron chi connectivity index (χ0n) is 8.49. The van der Waals surface area contributed by atoms with E-state index in [0.717, 1.165) is 0 Å². The zero-order valence-corrected chi connectivity index (χ0v) is 8.49. The van der Waals surface area contributed by atoms with Gasteiger partial charge in [0.25, 0.3) is 0 Å². The van der Waals surface area contributed by atoms with Gasteiger partial charge in [0.1, 0.15) is 0 Å². The van der Waals surface area contributed by atoms with Crippen LogP contribution in [0.5, 0.6) is 0 Å². The van der Waals surface area contributed by atoms with E-state index in [2.05, 4.69) is 19.2 Å². The van der Waals surface area contributed by atoms with Crippen molar-refractivity contribution >= 4 is 0 Å². The third kappa shape index (κ3) is 35.2. The van der Waals surface area contributed by atoms with Crippen LogP contribution in [0.15, 0.2) is 0 Å². The van der Waals surface area contributed by atoms with Crippen LogP contribution in [0.2, 0.25) is 0 Å². The molecule has 0 saturated heterocycles. The van der Waals surface area contributed by atoms with Gasteiger partial charge in [-0.15, -0.1) is 0 Å². The fourth-order valence-corrected chi connectivity index (χ4v) is 0.841. The summed E-state index contributed by atoms with van der Waals surface area (Å²) in [6.45, 7) is 7.15.